The number of carbonyl (C=O) groups is 1. The first-order valence-corrected chi connectivity index (χ1v) is 6.10. The fraction of sp³-hybridized carbons (Fsp3) is 0.357. The third-order valence-corrected chi connectivity index (χ3v) is 2.80. The van der Waals surface area contributed by atoms with Gasteiger partial charge in [-0.25, -0.2) is 0 Å². The number of aromatic nitrogens is 2. The van der Waals surface area contributed by atoms with Gasteiger partial charge in [0.1, 0.15) is 0 Å². The van der Waals surface area contributed by atoms with Crippen LogP contribution in [0.4, 0.5) is 0 Å². The summed E-state index contributed by atoms with van der Waals surface area (Å²) in [6.45, 7) is 5.39. The molecule has 5 heteroatoms. The second kappa shape index (κ2) is 5.65. The van der Waals surface area contributed by atoms with Crippen LogP contribution in [0.2, 0.25) is 0 Å². The summed E-state index contributed by atoms with van der Waals surface area (Å²) in [5, 5.41) is 3.67. The fourth-order valence-electron chi connectivity index (χ4n) is 1.73. The van der Waals surface area contributed by atoms with E-state index in [4.69, 9.17) is 9.26 Å². The van der Waals surface area contributed by atoms with Crippen molar-refractivity contribution in [2.45, 2.75) is 33.3 Å². The lowest BCUT2D eigenvalue weighted by Gasteiger charge is -2.10. The highest BCUT2D eigenvalue weighted by molar-refractivity contribution is 5.73. The summed E-state index contributed by atoms with van der Waals surface area (Å²) in [5.74, 6) is 0.532. The topological polar surface area (TPSA) is 65.2 Å². The Hall–Kier alpha value is -2.17. The highest BCUT2D eigenvalue weighted by Crippen LogP contribution is 2.16. The van der Waals surface area contributed by atoms with Gasteiger partial charge in [-0.1, -0.05) is 29.4 Å². The Balaban J connectivity index is 1.96. The van der Waals surface area contributed by atoms with Gasteiger partial charge in [-0.15, -0.1) is 0 Å². The molecule has 1 atom stereocenters. The standard InChI is InChI=1S/C14H16N2O3/c1-9-6-4-5-7-12(9)8-13(17)18-10(2)14-15-11(3)16-19-14/h4-7,10H,8H2,1-3H3. The minimum atomic E-state index is -0.530. The molecular weight excluding hydrogens is 244 g/mol. The van der Waals surface area contributed by atoms with E-state index in [0.29, 0.717) is 11.7 Å². The van der Waals surface area contributed by atoms with Crippen LogP contribution in [0.3, 0.4) is 0 Å². The number of hydrogen-bond acceptors (Lipinski definition) is 5. The van der Waals surface area contributed by atoms with Crippen LogP contribution >= 0.6 is 0 Å². The minimum absolute atomic E-state index is 0.240. The maximum absolute atomic E-state index is 11.8. The van der Waals surface area contributed by atoms with Crippen molar-refractivity contribution in [1.29, 1.82) is 0 Å². The van der Waals surface area contributed by atoms with E-state index in [1.165, 1.54) is 0 Å². The molecule has 0 saturated carbocycles. The molecule has 0 amide bonds. The Morgan fingerprint density at radius 1 is 1.37 bits per heavy atom. The third kappa shape index (κ3) is 3.40. The summed E-state index contributed by atoms with van der Waals surface area (Å²) in [4.78, 5) is 15.9. The molecule has 0 bridgehead atoms. The molecule has 0 fully saturated rings. The molecule has 0 aliphatic rings. The van der Waals surface area contributed by atoms with Gasteiger partial charge in [0, 0.05) is 0 Å². The van der Waals surface area contributed by atoms with E-state index < -0.39 is 6.10 Å². The minimum Gasteiger partial charge on any atom is -0.452 e. The molecule has 2 aromatic rings. The van der Waals surface area contributed by atoms with Crippen LogP contribution in [-0.2, 0) is 16.0 Å². The monoisotopic (exact) mass is 260 g/mol. The Labute approximate surface area is 111 Å². The largest absolute Gasteiger partial charge is 0.452 e. The summed E-state index contributed by atoms with van der Waals surface area (Å²) < 4.78 is 10.2. The van der Waals surface area contributed by atoms with E-state index >= 15 is 0 Å². The van der Waals surface area contributed by atoms with Crippen LogP contribution in [0.15, 0.2) is 28.8 Å². The first kappa shape index (κ1) is 13.3. The summed E-state index contributed by atoms with van der Waals surface area (Å²) >= 11 is 0. The van der Waals surface area contributed by atoms with Gasteiger partial charge in [-0.2, -0.15) is 4.98 Å². The van der Waals surface area contributed by atoms with Crippen LogP contribution in [-0.4, -0.2) is 16.1 Å². The van der Waals surface area contributed by atoms with E-state index in [9.17, 15) is 4.79 Å². The molecule has 100 valence electrons. The van der Waals surface area contributed by atoms with Gasteiger partial charge in [0.25, 0.3) is 5.89 Å². The zero-order valence-corrected chi connectivity index (χ0v) is 11.2. The van der Waals surface area contributed by atoms with Crippen LogP contribution in [0.5, 0.6) is 0 Å². The van der Waals surface area contributed by atoms with Gasteiger partial charge in [0.15, 0.2) is 11.9 Å². The van der Waals surface area contributed by atoms with E-state index in [1.54, 1.807) is 13.8 Å². The van der Waals surface area contributed by atoms with Crippen molar-refractivity contribution in [1.82, 2.24) is 10.1 Å². The molecule has 5 nitrogen and oxygen atoms in total. The summed E-state index contributed by atoms with van der Waals surface area (Å²) in [7, 11) is 0. The Morgan fingerprint density at radius 3 is 2.74 bits per heavy atom. The number of rotatable bonds is 4. The second-order valence-corrected chi connectivity index (χ2v) is 4.42. The zero-order valence-electron chi connectivity index (χ0n) is 11.2. The van der Waals surface area contributed by atoms with Crippen molar-refractivity contribution < 1.29 is 14.1 Å². The van der Waals surface area contributed by atoms with Gasteiger partial charge in [0.2, 0.25) is 0 Å². The van der Waals surface area contributed by atoms with Gasteiger partial charge in [0.05, 0.1) is 6.42 Å². The summed E-state index contributed by atoms with van der Waals surface area (Å²) in [6, 6.07) is 7.72. The molecule has 0 saturated heterocycles. The molecule has 0 aliphatic carbocycles. The number of ether oxygens (including phenoxy) is 1. The number of aryl methyl sites for hydroxylation is 2. The van der Waals surface area contributed by atoms with Gasteiger partial charge >= 0.3 is 5.97 Å². The van der Waals surface area contributed by atoms with Crippen molar-refractivity contribution in [3.05, 3.63) is 47.1 Å². The maximum Gasteiger partial charge on any atom is 0.311 e. The highest BCUT2D eigenvalue weighted by atomic mass is 16.6. The van der Waals surface area contributed by atoms with Crippen molar-refractivity contribution in [3.63, 3.8) is 0 Å². The van der Waals surface area contributed by atoms with Gasteiger partial charge < -0.3 is 9.26 Å². The number of esters is 1. The highest BCUT2D eigenvalue weighted by Gasteiger charge is 2.18. The van der Waals surface area contributed by atoms with Crippen molar-refractivity contribution in [2.75, 3.05) is 0 Å². The quantitative estimate of drug-likeness (QED) is 0.790. The molecule has 0 N–H and O–H groups in total. The molecule has 1 aromatic heterocycles. The third-order valence-electron chi connectivity index (χ3n) is 2.80. The number of carbonyl (C=O) groups excluding carboxylic acids is 1. The molecule has 1 heterocycles. The molecule has 0 spiro atoms. The molecule has 0 aliphatic heterocycles. The Morgan fingerprint density at radius 2 is 2.11 bits per heavy atom. The van der Waals surface area contributed by atoms with Gasteiger partial charge in [-0.05, 0) is 31.9 Å². The van der Waals surface area contributed by atoms with Crippen molar-refractivity contribution >= 4 is 5.97 Å². The lowest BCUT2D eigenvalue weighted by molar-refractivity contribution is -0.148. The van der Waals surface area contributed by atoms with Crippen molar-refractivity contribution in [3.8, 4) is 0 Å². The fourth-order valence-corrected chi connectivity index (χ4v) is 1.73. The van der Waals surface area contributed by atoms with E-state index in [1.807, 2.05) is 31.2 Å². The summed E-state index contributed by atoms with van der Waals surface area (Å²) in [6.07, 6.45) is -0.290. The van der Waals surface area contributed by atoms with Crippen LogP contribution in [0, 0.1) is 13.8 Å². The van der Waals surface area contributed by atoms with Crippen LogP contribution in [0.25, 0.3) is 0 Å². The lowest BCUT2D eigenvalue weighted by Crippen LogP contribution is -2.12. The molecule has 1 unspecified atom stereocenters. The Kier molecular flexibility index (Phi) is 3.94. The maximum atomic E-state index is 11.8. The van der Waals surface area contributed by atoms with Crippen molar-refractivity contribution in [2.24, 2.45) is 0 Å². The summed E-state index contributed by atoms with van der Waals surface area (Å²) in [5.41, 5.74) is 2.03. The predicted octanol–water partition coefficient (Wildman–Crippen LogP) is 2.53. The SMILES string of the molecule is Cc1noc(C(C)OC(=O)Cc2ccccc2C)n1. The van der Waals surface area contributed by atoms with E-state index in [0.717, 1.165) is 11.1 Å². The Bertz CT molecular complexity index is 578. The molecule has 2 rings (SSSR count). The zero-order chi connectivity index (χ0) is 13.8. The van der Waals surface area contributed by atoms with Crippen LogP contribution in [0.1, 0.15) is 35.9 Å². The first-order chi connectivity index (χ1) is 9.06. The molecule has 19 heavy (non-hydrogen) atoms. The number of benzene rings is 1. The number of nitrogens with zero attached hydrogens (tertiary/aromatic N) is 2. The first-order valence-electron chi connectivity index (χ1n) is 6.10. The van der Waals surface area contributed by atoms with Crippen LogP contribution < -0.4 is 0 Å². The normalized spacial score (nSPS) is 12.2. The molecule has 0 radical (unpaired) electrons. The second-order valence-electron chi connectivity index (χ2n) is 4.42. The molecule has 1 aromatic carbocycles. The van der Waals surface area contributed by atoms with Gasteiger partial charge in [-0.3, -0.25) is 4.79 Å². The van der Waals surface area contributed by atoms with E-state index in [2.05, 4.69) is 10.1 Å². The lowest BCUT2D eigenvalue weighted by atomic mass is 10.1. The average molecular weight is 260 g/mol. The smallest absolute Gasteiger partial charge is 0.311 e. The predicted molar refractivity (Wildman–Crippen MR) is 68.4 cm³/mol. The van der Waals surface area contributed by atoms with E-state index in [-0.39, 0.29) is 12.4 Å². The average Bonchev–Trinajstić information content (AvgIpc) is 2.79. The molecular formula is C14H16N2O3. The number of hydrogen-bond donors (Lipinski definition) is 0.